The molecule has 0 N–H and O–H groups in total. The average Bonchev–Trinajstić information content (AvgIpc) is 3.24. The molecule has 0 spiro atoms. The molecule has 0 bridgehead atoms. The molecule has 0 atom stereocenters. The van der Waals surface area contributed by atoms with E-state index in [9.17, 15) is 9.59 Å². The van der Waals surface area contributed by atoms with Crippen LogP contribution in [0.15, 0.2) is 41.8 Å². The summed E-state index contributed by atoms with van der Waals surface area (Å²) in [5.74, 6) is -0.749. The van der Waals surface area contributed by atoms with Crippen molar-refractivity contribution in [2.45, 2.75) is 13.8 Å². The lowest BCUT2D eigenvalue weighted by Gasteiger charge is -2.11. The van der Waals surface area contributed by atoms with Gasteiger partial charge in [-0.25, -0.2) is 4.79 Å². The number of thiophene rings is 1. The first kappa shape index (κ1) is 18.7. The molecule has 2 aromatic heterocycles. The highest BCUT2D eigenvalue weighted by molar-refractivity contribution is 7.11. The summed E-state index contributed by atoms with van der Waals surface area (Å²) in [6.45, 7) is 3.43. The van der Waals surface area contributed by atoms with Crippen molar-refractivity contribution in [3.05, 3.63) is 73.7 Å². The van der Waals surface area contributed by atoms with Crippen LogP contribution in [0, 0.1) is 13.8 Å². The number of hydrogen-bond donors (Lipinski definition) is 0. The number of ketones is 1. The van der Waals surface area contributed by atoms with Gasteiger partial charge in [-0.15, -0.1) is 11.3 Å². The molecule has 3 aromatic rings. The Bertz CT molecular complexity index is 977. The standard InChI is InChI=1S/C19H15Cl2NO3S/c1-11-8-14(17(23)10-25-19(24)18-4-3-7-26-18)12(2)22(11)13-5-6-15(20)16(21)9-13/h3-9H,10H2,1-2H3. The van der Waals surface area contributed by atoms with Crippen LogP contribution in [-0.4, -0.2) is 22.9 Å². The van der Waals surface area contributed by atoms with Crippen molar-refractivity contribution in [1.29, 1.82) is 0 Å². The van der Waals surface area contributed by atoms with Gasteiger partial charge < -0.3 is 9.30 Å². The van der Waals surface area contributed by atoms with E-state index in [0.717, 1.165) is 17.1 Å². The predicted molar refractivity (Wildman–Crippen MR) is 104 cm³/mol. The van der Waals surface area contributed by atoms with Crippen molar-refractivity contribution >= 4 is 46.3 Å². The van der Waals surface area contributed by atoms with Crippen molar-refractivity contribution in [1.82, 2.24) is 4.57 Å². The van der Waals surface area contributed by atoms with Crippen molar-refractivity contribution in [3.63, 3.8) is 0 Å². The summed E-state index contributed by atoms with van der Waals surface area (Å²) in [4.78, 5) is 24.9. The zero-order chi connectivity index (χ0) is 18.8. The minimum absolute atomic E-state index is 0.255. The molecule has 0 saturated carbocycles. The number of benzene rings is 1. The number of carbonyl (C=O) groups excluding carboxylic acids is 2. The van der Waals surface area contributed by atoms with Gasteiger partial charge in [-0.05, 0) is 49.6 Å². The first-order valence-corrected chi connectivity index (χ1v) is 9.40. The Hall–Kier alpha value is -2.08. The summed E-state index contributed by atoms with van der Waals surface area (Å²) in [5, 5.41) is 2.69. The Morgan fingerprint density at radius 3 is 2.54 bits per heavy atom. The summed E-state index contributed by atoms with van der Waals surface area (Å²) >= 11 is 13.4. The van der Waals surface area contributed by atoms with Crippen LogP contribution >= 0.6 is 34.5 Å². The van der Waals surface area contributed by atoms with Crippen LogP contribution in [0.1, 0.15) is 31.4 Å². The smallest absolute Gasteiger partial charge is 0.348 e. The van der Waals surface area contributed by atoms with Crippen molar-refractivity contribution < 1.29 is 14.3 Å². The van der Waals surface area contributed by atoms with E-state index >= 15 is 0 Å². The number of nitrogens with zero attached hydrogens (tertiary/aromatic N) is 1. The number of aromatic nitrogens is 1. The Morgan fingerprint density at radius 1 is 1.12 bits per heavy atom. The molecular formula is C19H15Cl2NO3S. The zero-order valence-corrected chi connectivity index (χ0v) is 16.4. The first-order valence-electron chi connectivity index (χ1n) is 7.76. The highest BCUT2D eigenvalue weighted by Crippen LogP contribution is 2.28. The molecule has 26 heavy (non-hydrogen) atoms. The summed E-state index contributed by atoms with van der Waals surface area (Å²) in [6, 6.07) is 10.5. The number of halogens is 2. The van der Waals surface area contributed by atoms with E-state index in [2.05, 4.69) is 0 Å². The van der Waals surface area contributed by atoms with Gasteiger partial charge in [0.05, 0.1) is 10.0 Å². The first-order chi connectivity index (χ1) is 12.4. The Labute approximate surface area is 164 Å². The van der Waals surface area contributed by atoms with E-state index in [-0.39, 0.29) is 12.4 Å². The van der Waals surface area contributed by atoms with Gasteiger partial charge in [-0.1, -0.05) is 29.3 Å². The van der Waals surface area contributed by atoms with Gasteiger partial charge in [-0.2, -0.15) is 0 Å². The maximum atomic E-state index is 12.5. The fraction of sp³-hybridized carbons (Fsp3) is 0.158. The third-order valence-corrected chi connectivity index (χ3v) is 5.54. The molecule has 3 rings (SSSR count). The van der Waals surface area contributed by atoms with Crippen molar-refractivity contribution in [2.75, 3.05) is 6.61 Å². The Kier molecular flexibility index (Phi) is 5.51. The number of carbonyl (C=O) groups is 2. The SMILES string of the molecule is Cc1cc(C(=O)COC(=O)c2cccs2)c(C)n1-c1ccc(Cl)c(Cl)c1. The Morgan fingerprint density at radius 2 is 1.88 bits per heavy atom. The van der Waals surface area contributed by atoms with Gasteiger partial charge >= 0.3 is 5.97 Å². The fourth-order valence-corrected chi connectivity index (χ4v) is 3.65. The maximum absolute atomic E-state index is 12.5. The number of hydrogen-bond acceptors (Lipinski definition) is 4. The molecule has 1 aromatic carbocycles. The molecule has 0 fully saturated rings. The quantitative estimate of drug-likeness (QED) is 0.414. The van der Waals surface area contributed by atoms with E-state index in [0.29, 0.717) is 20.5 Å². The van der Waals surface area contributed by atoms with Crippen molar-refractivity contribution in [2.24, 2.45) is 0 Å². The summed E-state index contributed by atoms with van der Waals surface area (Å²) in [6.07, 6.45) is 0. The lowest BCUT2D eigenvalue weighted by molar-refractivity contribution is 0.0479. The molecule has 134 valence electrons. The minimum Gasteiger partial charge on any atom is -0.453 e. The summed E-state index contributed by atoms with van der Waals surface area (Å²) in [7, 11) is 0. The molecule has 2 heterocycles. The van der Waals surface area contributed by atoms with Gasteiger partial charge in [0.1, 0.15) is 4.88 Å². The normalized spacial score (nSPS) is 10.8. The van der Waals surface area contributed by atoms with Crippen molar-refractivity contribution in [3.8, 4) is 5.69 Å². The van der Waals surface area contributed by atoms with Crippen LogP contribution in [0.25, 0.3) is 5.69 Å². The van der Waals surface area contributed by atoms with Gasteiger partial charge in [0.15, 0.2) is 6.61 Å². The third kappa shape index (κ3) is 3.70. The number of aryl methyl sites for hydroxylation is 1. The fourth-order valence-electron chi connectivity index (χ4n) is 2.74. The minimum atomic E-state index is -0.494. The monoisotopic (exact) mass is 407 g/mol. The highest BCUT2D eigenvalue weighted by atomic mass is 35.5. The van der Waals surface area contributed by atoms with E-state index in [4.69, 9.17) is 27.9 Å². The average molecular weight is 408 g/mol. The lowest BCUT2D eigenvalue weighted by atomic mass is 10.1. The molecular weight excluding hydrogens is 393 g/mol. The highest BCUT2D eigenvalue weighted by Gasteiger charge is 2.19. The number of esters is 1. The van der Waals surface area contributed by atoms with Gasteiger partial charge in [0, 0.05) is 22.6 Å². The topological polar surface area (TPSA) is 48.3 Å². The van der Waals surface area contributed by atoms with E-state index in [1.54, 1.807) is 35.7 Å². The maximum Gasteiger partial charge on any atom is 0.348 e. The molecule has 0 amide bonds. The van der Waals surface area contributed by atoms with Crippen LogP contribution in [0.5, 0.6) is 0 Å². The van der Waals surface area contributed by atoms with Crippen LogP contribution in [0.4, 0.5) is 0 Å². The number of rotatable bonds is 5. The predicted octanol–water partition coefficient (Wildman–Crippen LogP) is 5.50. The van der Waals surface area contributed by atoms with Crippen LogP contribution in [-0.2, 0) is 4.74 Å². The molecule has 0 aliphatic heterocycles. The second-order valence-electron chi connectivity index (χ2n) is 5.70. The second-order valence-corrected chi connectivity index (χ2v) is 7.46. The van der Waals surface area contributed by atoms with Crippen LogP contribution in [0.2, 0.25) is 10.0 Å². The molecule has 0 unspecified atom stereocenters. The van der Waals surface area contributed by atoms with Crippen LogP contribution < -0.4 is 0 Å². The lowest BCUT2D eigenvalue weighted by Crippen LogP contribution is -2.14. The molecule has 0 saturated heterocycles. The molecule has 0 aliphatic rings. The number of ether oxygens (including phenoxy) is 1. The number of Topliss-reactive ketones (excluding diaryl/α,β-unsaturated/α-hetero) is 1. The third-order valence-electron chi connectivity index (χ3n) is 3.95. The van der Waals surface area contributed by atoms with Gasteiger partial charge in [-0.3, -0.25) is 4.79 Å². The van der Waals surface area contributed by atoms with Gasteiger partial charge in [0.25, 0.3) is 0 Å². The van der Waals surface area contributed by atoms with E-state index in [1.807, 2.05) is 24.5 Å². The van der Waals surface area contributed by atoms with E-state index in [1.165, 1.54) is 11.3 Å². The molecule has 0 aliphatic carbocycles. The summed E-state index contributed by atoms with van der Waals surface area (Å²) in [5.41, 5.74) is 2.93. The molecule has 0 radical (unpaired) electrons. The van der Waals surface area contributed by atoms with E-state index < -0.39 is 5.97 Å². The Balaban J connectivity index is 1.81. The second kappa shape index (κ2) is 7.66. The molecule has 7 heteroatoms. The van der Waals surface area contributed by atoms with Gasteiger partial charge in [0.2, 0.25) is 5.78 Å². The molecule has 4 nitrogen and oxygen atoms in total. The zero-order valence-electron chi connectivity index (χ0n) is 14.1. The summed E-state index contributed by atoms with van der Waals surface area (Å²) < 4.78 is 7.03. The largest absolute Gasteiger partial charge is 0.453 e. The van der Waals surface area contributed by atoms with Crippen LogP contribution in [0.3, 0.4) is 0 Å².